The summed E-state index contributed by atoms with van der Waals surface area (Å²) in [5.74, 6) is 0. The molecule has 0 bridgehead atoms. The molecule has 0 radical (unpaired) electrons. The van der Waals surface area contributed by atoms with Crippen LogP contribution in [0.3, 0.4) is 0 Å². The fourth-order valence-corrected chi connectivity index (χ4v) is 9.74. The zero-order valence-electron chi connectivity index (χ0n) is 35.1. The molecule has 0 saturated heterocycles. The third-order valence-corrected chi connectivity index (χ3v) is 12.8. The van der Waals surface area contributed by atoms with Crippen LogP contribution in [0.15, 0.2) is 255 Å². The summed E-state index contributed by atoms with van der Waals surface area (Å²) in [6.07, 6.45) is 0. The molecule has 1 heterocycles. The minimum Gasteiger partial charge on any atom is -0.310 e. The molecule has 0 saturated carbocycles. The average molecular weight is 815 g/mol. The molecular formula is C62H42N2. The number of rotatable bonds is 8. The van der Waals surface area contributed by atoms with Crippen LogP contribution in [0, 0.1) is 0 Å². The van der Waals surface area contributed by atoms with Gasteiger partial charge in [-0.2, -0.15) is 0 Å². The number of hydrogen-bond donors (Lipinski definition) is 0. The van der Waals surface area contributed by atoms with Crippen molar-refractivity contribution in [3.05, 3.63) is 255 Å². The molecule has 0 aliphatic carbocycles. The van der Waals surface area contributed by atoms with Crippen molar-refractivity contribution in [1.29, 1.82) is 0 Å². The topological polar surface area (TPSA) is 8.17 Å². The first kappa shape index (κ1) is 37.3. The van der Waals surface area contributed by atoms with Gasteiger partial charge >= 0.3 is 0 Å². The Morgan fingerprint density at radius 3 is 1.67 bits per heavy atom. The predicted molar refractivity (Wildman–Crippen MR) is 272 cm³/mol. The maximum atomic E-state index is 2.42. The van der Waals surface area contributed by atoms with Crippen LogP contribution in [0.2, 0.25) is 0 Å². The predicted octanol–water partition coefficient (Wildman–Crippen LogP) is 17.2. The number of hydrogen-bond acceptors (Lipinski definition) is 1. The van der Waals surface area contributed by atoms with Crippen molar-refractivity contribution in [3.63, 3.8) is 0 Å². The lowest BCUT2D eigenvalue weighted by molar-refractivity contribution is 1.18. The molecule has 2 heteroatoms. The molecule has 0 aliphatic heterocycles. The quantitative estimate of drug-likeness (QED) is 0.139. The Bertz CT molecular complexity index is 3640. The van der Waals surface area contributed by atoms with E-state index in [0.29, 0.717) is 0 Å². The standard InChI is InChI=1S/C62H42N2/c1-4-16-43(17-5-1)48-35-39-58-61(42-48)64(51-22-8-3-9-23-51)60-29-15-27-57(62(58)60)49-21-14-24-53(41-49)63(59-28-13-12-26-56(59)45-18-6-2-7-19-45)52-36-32-44(33-37-52)47-34-38-55-50(40-47)31-30-46-20-10-11-25-54(46)55/h1-42H. The van der Waals surface area contributed by atoms with Gasteiger partial charge in [-0.15, -0.1) is 0 Å². The van der Waals surface area contributed by atoms with E-state index in [1.807, 2.05) is 0 Å². The van der Waals surface area contributed by atoms with Crippen LogP contribution in [-0.4, -0.2) is 4.57 Å². The monoisotopic (exact) mass is 814 g/mol. The Labute approximate surface area is 373 Å². The molecule has 64 heavy (non-hydrogen) atoms. The Balaban J connectivity index is 1.01. The molecule has 0 amide bonds. The van der Waals surface area contributed by atoms with Gasteiger partial charge in [-0.25, -0.2) is 0 Å². The van der Waals surface area contributed by atoms with E-state index in [4.69, 9.17) is 0 Å². The molecule has 0 aliphatic rings. The number of para-hydroxylation sites is 2. The van der Waals surface area contributed by atoms with Gasteiger partial charge in [0.2, 0.25) is 0 Å². The van der Waals surface area contributed by atoms with Gasteiger partial charge in [0, 0.05) is 33.4 Å². The summed E-state index contributed by atoms with van der Waals surface area (Å²) in [5.41, 5.74) is 16.3. The van der Waals surface area contributed by atoms with Crippen molar-refractivity contribution >= 4 is 60.4 Å². The minimum atomic E-state index is 1.08. The maximum Gasteiger partial charge on any atom is 0.0547 e. The van der Waals surface area contributed by atoms with Gasteiger partial charge in [0.15, 0.2) is 0 Å². The van der Waals surface area contributed by atoms with E-state index in [0.717, 1.165) is 28.3 Å². The third-order valence-electron chi connectivity index (χ3n) is 12.8. The zero-order chi connectivity index (χ0) is 42.4. The molecular weight excluding hydrogens is 773 g/mol. The van der Waals surface area contributed by atoms with E-state index in [1.165, 1.54) is 82.3 Å². The first-order valence-electron chi connectivity index (χ1n) is 22.0. The van der Waals surface area contributed by atoms with Crippen LogP contribution in [0.1, 0.15) is 0 Å². The van der Waals surface area contributed by atoms with Crippen LogP contribution in [0.25, 0.3) is 93.5 Å². The number of fused-ring (bicyclic) bond motifs is 6. The second kappa shape index (κ2) is 15.8. The lowest BCUT2D eigenvalue weighted by Gasteiger charge is -2.28. The van der Waals surface area contributed by atoms with E-state index in [2.05, 4.69) is 264 Å². The molecule has 2 nitrogen and oxygen atoms in total. The van der Waals surface area contributed by atoms with Crippen LogP contribution < -0.4 is 4.90 Å². The van der Waals surface area contributed by atoms with E-state index in [1.54, 1.807) is 0 Å². The molecule has 0 atom stereocenters. The van der Waals surface area contributed by atoms with Gasteiger partial charge in [0.1, 0.15) is 0 Å². The van der Waals surface area contributed by atoms with Gasteiger partial charge < -0.3 is 9.47 Å². The van der Waals surface area contributed by atoms with Crippen molar-refractivity contribution < 1.29 is 0 Å². The Hall–Kier alpha value is -8.46. The highest BCUT2D eigenvalue weighted by molar-refractivity contribution is 6.16. The fraction of sp³-hybridized carbons (Fsp3) is 0. The maximum absolute atomic E-state index is 2.42. The molecule has 11 aromatic carbocycles. The summed E-state index contributed by atoms with van der Waals surface area (Å²) in [4.78, 5) is 2.42. The highest BCUT2D eigenvalue weighted by Gasteiger charge is 2.21. The molecule has 0 fully saturated rings. The van der Waals surface area contributed by atoms with E-state index < -0.39 is 0 Å². The summed E-state index contributed by atoms with van der Waals surface area (Å²) in [6, 6.07) is 92.7. The van der Waals surface area contributed by atoms with Crippen LogP contribution in [-0.2, 0) is 0 Å². The molecule has 0 N–H and O–H groups in total. The average Bonchev–Trinajstić information content (AvgIpc) is 3.71. The van der Waals surface area contributed by atoms with Crippen LogP contribution in [0.5, 0.6) is 0 Å². The van der Waals surface area contributed by atoms with E-state index >= 15 is 0 Å². The lowest BCUT2D eigenvalue weighted by atomic mass is 9.96. The van der Waals surface area contributed by atoms with E-state index in [-0.39, 0.29) is 0 Å². The molecule has 300 valence electrons. The summed E-state index contributed by atoms with van der Waals surface area (Å²) >= 11 is 0. The highest BCUT2D eigenvalue weighted by Crippen LogP contribution is 2.45. The lowest BCUT2D eigenvalue weighted by Crippen LogP contribution is -2.11. The van der Waals surface area contributed by atoms with Gasteiger partial charge in [-0.1, -0.05) is 194 Å². The first-order valence-corrected chi connectivity index (χ1v) is 22.0. The van der Waals surface area contributed by atoms with Crippen molar-refractivity contribution in [2.75, 3.05) is 4.90 Å². The summed E-state index contributed by atoms with van der Waals surface area (Å²) in [6.45, 7) is 0. The van der Waals surface area contributed by atoms with Gasteiger partial charge in [0.25, 0.3) is 0 Å². The number of aromatic nitrogens is 1. The second-order valence-corrected chi connectivity index (χ2v) is 16.5. The Morgan fingerprint density at radius 2 is 0.859 bits per heavy atom. The normalized spacial score (nSPS) is 11.4. The van der Waals surface area contributed by atoms with Crippen molar-refractivity contribution in [3.8, 4) is 50.2 Å². The molecule has 12 aromatic rings. The smallest absolute Gasteiger partial charge is 0.0547 e. The van der Waals surface area contributed by atoms with Gasteiger partial charge in [-0.05, 0) is 121 Å². The Morgan fingerprint density at radius 1 is 0.281 bits per heavy atom. The Kier molecular flexibility index (Phi) is 9.20. The van der Waals surface area contributed by atoms with Crippen molar-refractivity contribution in [2.45, 2.75) is 0 Å². The summed E-state index contributed by atoms with van der Waals surface area (Å²) in [5, 5.41) is 7.53. The van der Waals surface area contributed by atoms with Crippen molar-refractivity contribution in [1.82, 2.24) is 4.57 Å². The zero-order valence-corrected chi connectivity index (χ0v) is 35.1. The third kappa shape index (κ3) is 6.52. The molecule has 12 rings (SSSR count). The first-order chi connectivity index (χ1) is 31.7. The fourth-order valence-electron chi connectivity index (χ4n) is 9.74. The van der Waals surface area contributed by atoms with Gasteiger partial charge in [0.05, 0.1) is 16.7 Å². The molecule has 0 unspecified atom stereocenters. The highest BCUT2D eigenvalue weighted by atomic mass is 15.1. The number of benzene rings is 11. The molecule has 0 spiro atoms. The van der Waals surface area contributed by atoms with Crippen LogP contribution in [0.4, 0.5) is 17.1 Å². The SMILES string of the molecule is c1ccc(-c2ccc3c4c(-c5cccc(N(c6ccc(-c7ccc8c(ccc9ccccc98)c7)cc6)c6ccccc6-c6ccccc6)c5)cccc4n(-c4ccccc4)c3c2)cc1. The van der Waals surface area contributed by atoms with Gasteiger partial charge in [-0.3, -0.25) is 0 Å². The summed E-state index contributed by atoms with van der Waals surface area (Å²) < 4.78 is 2.42. The number of anilines is 3. The van der Waals surface area contributed by atoms with Crippen molar-refractivity contribution in [2.24, 2.45) is 0 Å². The van der Waals surface area contributed by atoms with E-state index in [9.17, 15) is 0 Å². The number of nitrogens with zero attached hydrogens (tertiary/aromatic N) is 2. The minimum absolute atomic E-state index is 1.08. The summed E-state index contributed by atoms with van der Waals surface area (Å²) in [7, 11) is 0. The molecule has 1 aromatic heterocycles. The van der Waals surface area contributed by atoms with Crippen LogP contribution >= 0.6 is 0 Å². The second-order valence-electron chi connectivity index (χ2n) is 16.5. The largest absolute Gasteiger partial charge is 0.310 e.